The van der Waals surface area contributed by atoms with Crippen LogP contribution in [0.3, 0.4) is 0 Å². The summed E-state index contributed by atoms with van der Waals surface area (Å²) in [5.74, 6) is 0.247. The third-order valence-corrected chi connectivity index (χ3v) is 3.44. The highest BCUT2D eigenvalue weighted by Gasteiger charge is 2.31. The van der Waals surface area contributed by atoms with Gasteiger partial charge in [-0.05, 0) is 31.0 Å². The van der Waals surface area contributed by atoms with Crippen LogP contribution in [-0.4, -0.2) is 36.4 Å². The highest BCUT2D eigenvalue weighted by molar-refractivity contribution is 6.32. The monoisotopic (exact) mass is 296 g/mol. The van der Waals surface area contributed by atoms with Crippen LogP contribution >= 0.6 is 11.6 Å². The van der Waals surface area contributed by atoms with Crippen molar-refractivity contribution >= 4 is 29.1 Å². The van der Waals surface area contributed by atoms with Crippen molar-refractivity contribution in [3.05, 3.63) is 23.2 Å². The van der Waals surface area contributed by atoms with Crippen molar-refractivity contribution in [2.45, 2.75) is 25.8 Å². The van der Waals surface area contributed by atoms with Crippen LogP contribution in [0.5, 0.6) is 5.75 Å². The summed E-state index contributed by atoms with van der Waals surface area (Å²) >= 11 is 5.99. The number of anilines is 1. The zero-order chi connectivity index (χ0) is 14.7. The Hall–Kier alpha value is -1.75. The second-order valence-corrected chi connectivity index (χ2v) is 5.18. The summed E-state index contributed by atoms with van der Waals surface area (Å²) in [6, 6.07) is 5.23. The second-order valence-electron chi connectivity index (χ2n) is 4.78. The smallest absolute Gasteiger partial charge is 0.244 e. The number of rotatable bonds is 5. The summed E-state index contributed by atoms with van der Waals surface area (Å²) in [6.07, 6.45) is 1.95. The summed E-state index contributed by atoms with van der Waals surface area (Å²) in [6.45, 7) is 1.56. The summed E-state index contributed by atoms with van der Waals surface area (Å²) in [4.78, 5) is 25.0. The van der Waals surface area contributed by atoms with Crippen LogP contribution in [0.15, 0.2) is 18.2 Å². The molecule has 1 aliphatic carbocycles. The van der Waals surface area contributed by atoms with Crippen LogP contribution in [0.4, 0.5) is 5.69 Å². The molecule has 1 fully saturated rings. The van der Waals surface area contributed by atoms with Gasteiger partial charge in [-0.15, -0.1) is 0 Å². The highest BCUT2D eigenvalue weighted by Crippen LogP contribution is 2.28. The lowest BCUT2D eigenvalue weighted by Gasteiger charge is -2.19. The standard InChI is InChI=1S/C14H17ClN2O3/c1-9(18)17(11-4-5-11)8-14(19)16-10-3-6-13(20-2)12(15)7-10/h3,6-7,11H,4-5,8H2,1-2H3,(H,16,19). The first-order valence-electron chi connectivity index (χ1n) is 6.42. The average molecular weight is 297 g/mol. The molecule has 1 aromatic rings. The fourth-order valence-corrected chi connectivity index (χ4v) is 2.24. The first-order valence-corrected chi connectivity index (χ1v) is 6.79. The summed E-state index contributed by atoms with van der Waals surface area (Å²) in [7, 11) is 1.53. The molecule has 0 heterocycles. The van der Waals surface area contributed by atoms with E-state index in [2.05, 4.69) is 5.32 Å². The van der Waals surface area contributed by atoms with Gasteiger partial charge in [-0.25, -0.2) is 0 Å². The second kappa shape index (κ2) is 6.13. The predicted octanol–water partition coefficient (Wildman–Crippen LogP) is 2.30. The number of carbonyl (C=O) groups excluding carboxylic acids is 2. The lowest BCUT2D eigenvalue weighted by Crippen LogP contribution is -2.38. The average Bonchev–Trinajstić information content (AvgIpc) is 3.20. The van der Waals surface area contributed by atoms with Crippen LogP contribution in [0.1, 0.15) is 19.8 Å². The molecule has 1 saturated carbocycles. The minimum absolute atomic E-state index is 0.0731. The normalized spacial score (nSPS) is 13.8. The molecule has 0 atom stereocenters. The van der Waals surface area contributed by atoms with E-state index in [1.165, 1.54) is 14.0 Å². The molecule has 0 radical (unpaired) electrons. The Balaban J connectivity index is 1.97. The number of methoxy groups -OCH3 is 1. The zero-order valence-electron chi connectivity index (χ0n) is 11.5. The number of hydrogen-bond acceptors (Lipinski definition) is 3. The Kier molecular flexibility index (Phi) is 4.49. The predicted molar refractivity (Wildman–Crippen MR) is 77.0 cm³/mol. The maximum Gasteiger partial charge on any atom is 0.244 e. The molecule has 6 heteroatoms. The van der Waals surface area contributed by atoms with E-state index in [4.69, 9.17) is 16.3 Å². The summed E-state index contributed by atoms with van der Waals surface area (Å²) in [5, 5.41) is 3.16. The van der Waals surface area contributed by atoms with Gasteiger partial charge >= 0.3 is 0 Å². The van der Waals surface area contributed by atoms with Gasteiger partial charge in [0.25, 0.3) is 0 Å². The first kappa shape index (κ1) is 14.7. The Morgan fingerprint density at radius 3 is 2.65 bits per heavy atom. The Morgan fingerprint density at radius 2 is 2.15 bits per heavy atom. The fraction of sp³-hybridized carbons (Fsp3) is 0.429. The van der Waals surface area contributed by atoms with Gasteiger partial charge < -0.3 is 15.0 Å². The van der Waals surface area contributed by atoms with Gasteiger partial charge in [-0.1, -0.05) is 11.6 Å². The molecule has 0 saturated heterocycles. The number of nitrogens with zero attached hydrogens (tertiary/aromatic N) is 1. The Bertz CT molecular complexity index is 529. The molecular weight excluding hydrogens is 280 g/mol. The van der Waals surface area contributed by atoms with Crippen LogP contribution in [0.25, 0.3) is 0 Å². The number of carbonyl (C=O) groups is 2. The van der Waals surface area contributed by atoms with E-state index in [0.29, 0.717) is 16.5 Å². The van der Waals surface area contributed by atoms with Gasteiger partial charge in [0.2, 0.25) is 11.8 Å². The lowest BCUT2D eigenvalue weighted by atomic mass is 10.3. The SMILES string of the molecule is COc1ccc(NC(=O)CN(C(C)=O)C2CC2)cc1Cl. The van der Waals surface area contributed by atoms with E-state index in [1.807, 2.05) is 0 Å². The molecular formula is C14H17ClN2O3. The van der Waals surface area contributed by atoms with Crippen molar-refractivity contribution in [1.82, 2.24) is 4.90 Å². The third kappa shape index (κ3) is 3.63. The molecule has 2 amide bonds. The minimum atomic E-state index is -0.228. The zero-order valence-corrected chi connectivity index (χ0v) is 12.2. The molecule has 0 bridgehead atoms. The first-order chi connectivity index (χ1) is 9.51. The molecule has 1 N–H and O–H groups in total. The van der Waals surface area contributed by atoms with Gasteiger partial charge in [0.1, 0.15) is 12.3 Å². The van der Waals surface area contributed by atoms with Crippen LogP contribution in [0, 0.1) is 0 Å². The van der Waals surface area contributed by atoms with E-state index in [9.17, 15) is 9.59 Å². The molecule has 20 heavy (non-hydrogen) atoms. The van der Waals surface area contributed by atoms with E-state index in [0.717, 1.165) is 12.8 Å². The number of hydrogen-bond donors (Lipinski definition) is 1. The molecule has 0 spiro atoms. The molecule has 5 nitrogen and oxygen atoms in total. The van der Waals surface area contributed by atoms with Crippen molar-refractivity contribution in [3.63, 3.8) is 0 Å². The van der Waals surface area contributed by atoms with Crippen molar-refractivity contribution < 1.29 is 14.3 Å². The van der Waals surface area contributed by atoms with Gasteiger partial charge in [0, 0.05) is 18.7 Å². The van der Waals surface area contributed by atoms with Crippen molar-refractivity contribution in [2.24, 2.45) is 0 Å². The van der Waals surface area contributed by atoms with Crippen molar-refractivity contribution in [2.75, 3.05) is 19.0 Å². The Morgan fingerprint density at radius 1 is 1.45 bits per heavy atom. The van der Waals surface area contributed by atoms with Gasteiger partial charge in [0.05, 0.1) is 12.1 Å². The van der Waals surface area contributed by atoms with E-state index < -0.39 is 0 Å². The maximum absolute atomic E-state index is 11.9. The lowest BCUT2D eigenvalue weighted by molar-refractivity contribution is -0.133. The van der Waals surface area contributed by atoms with E-state index >= 15 is 0 Å². The van der Waals surface area contributed by atoms with Crippen LogP contribution in [-0.2, 0) is 9.59 Å². The largest absolute Gasteiger partial charge is 0.495 e. The van der Waals surface area contributed by atoms with Crippen molar-refractivity contribution in [1.29, 1.82) is 0 Å². The van der Waals surface area contributed by atoms with Crippen molar-refractivity contribution in [3.8, 4) is 5.75 Å². The minimum Gasteiger partial charge on any atom is -0.495 e. The Labute approximate surface area is 122 Å². The topological polar surface area (TPSA) is 58.6 Å². The number of benzene rings is 1. The number of halogens is 1. The molecule has 1 aliphatic rings. The quantitative estimate of drug-likeness (QED) is 0.907. The molecule has 0 unspecified atom stereocenters. The van der Waals surface area contributed by atoms with Gasteiger partial charge in [-0.3, -0.25) is 9.59 Å². The van der Waals surface area contributed by atoms with E-state index in [1.54, 1.807) is 23.1 Å². The molecule has 0 aliphatic heterocycles. The highest BCUT2D eigenvalue weighted by atomic mass is 35.5. The number of amides is 2. The third-order valence-electron chi connectivity index (χ3n) is 3.14. The fourth-order valence-electron chi connectivity index (χ4n) is 1.98. The van der Waals surface area contributed by atoms with E-state index in [-0.39, 0.29) is 24.4 Å². The summed E-state index contributed by atoms with van der Waals surface area (Å²) < 4.78 is 5.04. The number of ether oxygens (including phenoxy) is 1. The van der Waals surface area contributed by atoms with Crippen LogP contribution in [0.2, 0.25) is 5.02 Å². The van der Waals surface area contributed by atoms with Gasteiger partial charge in [0.15, 0.2) is 0 Å². The summed E-state index contributed by atoms with van der Waals surface area (Å²) in [5.41, 5.74) is 0.583. The number of nitrogens with one attached hydrogen (secondary N) is 1. The van der Waals surface area contributed by atoms with Gasteiger partial charge in [-0.2, -0.15) is 0 Å². The van der Waals surface area contributed by atoms with Crippen LogP contribution < -0.4 is 10.1 Å². The molecule has 0 aromatic heterocycles. The molecule has 1 aromatic carbocycles. The molecule has 2 rings (SSSR count). The molecule has 108 valence electrons. The maximum atomic E-state index is 11.9.